The van der Waals surface area contributed by atoms with Crippen molar-refractivity contribution < 1.29 is 14.0 Å². The molecule has 0 bridgehead atoms. The Bertz CT molecular complexity index is 1090. The lowest BCUT2D eigenvalue weighted by Gasteiger charge is -2.19. The summed E-state index contributed by atoms with van der Waals surface area (Å²) in [6.45, 7) is 0.249. The zero-order valence-corrected chi connectivity index (χ0v) is 17.8. The third-order valence-electron chi connectivity index (χ3n) is 4.43. The molecule has 0 heterocycles. The summed E-state index contributed by atoms with van der Waals surface area (Å²) in [5.41, 5.74) is 2.87. The van der Waals surface area contributed by atoms with Crippen LogP contribution in [-0.2, 0) is 6.54 Å². The Balaban J connectivity index is 1.72. The summed E-state index contributed by atoms with van der Waals surface area (Å²) < 4.78 is 13.1. The Morgan fingerprint density at radius 2 is 1.61 bits per heavy atom. The summed E-state index contributed by atoms with van der Waals surface area (Å²) in [5.74, 6) is -0.647. The molecule has 160 valence electrons. The number of nitrogens with one attached hydrogen (secondary N) is 3. The summed E-state index contributed by atoms with van der Waals surface area (Å²) >= 11 is 5.93. The molecule has 31 heavy (non-hydrogen) atoms. The van der Waals surface area contributed by atoms with E-state index in [-0.39, 0.29) is 18.3 Å². The van der Waals surface area contributed by atoms with Gasteiger partial charge in [-0.15, -0.1) is 0 Å². The molecule has 0 spiro atoms. The van der Waals surface area contributed by atoms with E-state index in [9.17, 15) is 14.0 Å². The van der Waals surface area contributed by atoms with Gasteiger partial charge in [-0.3, -0.25) is 4.79 Å². The highest BCUT2D eigenvalue weighted by molar-refractivity contribution is 6.30. The molecule has 0 aliphatic carbocycles. The van der Waals surface area contributed by atoms with E-state index in [4.69, 9.17) is 11.6 Å². The molecule has 0 radical (unpaired) electrons. The minimum Gasteiger partial charge on any atom is -0.377 e. The molecular weight excluding hydrogens is 419 g/mol. The van der Waals surface area contributed by atoms with Gasteiger partial charge in [0.1, 0.15) is 5.82 Å². The number of amides is 3. The van der Waals surface area contributed by atoms with Gasteiger partial charge in [0.25, 0.3) is 5.91 Å². The standard InChI is InChI=1S/C23H22ClFN4O2/c1-29(2)21-11-10-19(28-23(31)27-18-5-3-4-16(24)12-18)13-20(21)22(30)26-14-15-6-8-17(25)9-7-15/h3-13H,14H2,1-2H3,(H,26,30)(H2,27,28,31). The van der Waals surface area contributed by atoms with Gasteiger partial charge in [-0.1, -0.05) is 29.8 Å². The normalized spacial score (nSPS) is 10.3. The van der Waals surface area contributed by atoms with Crippen molar-refractivity contribution in [2.24, 2.45) is 0 Å². The minimum atomic E-state index is -0.461. The fraction of sp³-hybridized carbons (Fsp3) is 0.130. The predicted octanol–water partition coefficient (Wildman–Crippen LogP) is 5.12. The van der Waals surface area contributed by atoms with Gasteiger partial charge < -0.3 is 20.9 Å². The Morgan fingerprint density at radius 1 is 0.935 bits per heavy atom. The third kappa shape index (κ3) is 6.20. The van der Waals surface area contributed by atoms with Gasteiger partial charge in [0, 0.05) is 42.7 Å². The Morgan fingerprint density at radius 3 is 2.26 bits per heavy atom. The van der Waals surface area contributed by atoms with Crippen molar-refractivity contribution >= 4 is 40.6 Å². The Hall–Kier alpha value is -3.58. The van der Waals surface area contributed by atoms with E-state index in [1.54, 1.807) is 54.6 Å². The monoisotopic (exact) mass is 440 g/mol. The van der Waals surface area contributed by atoms with Crippen LogP contribution >= 0.6 is 11.6 Å². The second-order valence-electron chi connectivity index (χ2n) is 7.02. The van der Waals surface area contributed by atoms with Crippen LogP contribution in [0.15, 0.2) is 66.7 Å². The summed E-state index contributed by atoms with van der Waals surface area (Å²) in [4.78, 5) is 27.0. The van der Waals surface area contributed by atoms with Crippen LogP contribution in [0.1, 0.15) is 15.9 Å². The van der Waals surface area contributed by atoms with Crippen LogP contribution in [0.3, 0.4) is 0 Å². The van der Waals surface area contributed by atoms with Gasteiger partial charge in [0.15, 0.2) is 0 Å². The SMILES string of the molecule is CN(C)c1ccc(NC(=O)Nc2cccc(Cl)c2)cc1C(=O)NCc1ccc(F)cc1. The average Bonchev–Trinajstić information content (AvgIpc) is 2.72. The first kappa shape index (κ1) is 22.1. The number of carbonyl (C=O) groups excluding carboxylic acids is 2. The van der Waals surface area contributed by atoms with Gasteiger partial charge in [0.2, 0.25) is 0 Å². The van der Waals surface area contributed by atoms with E-state index in [1.165, 1.54) is 12.1 Å². The number of anilines is 3. The van der Waals surface area contributed by atoms with E-state index in [0.29, 0.717) is 27.6 Å². The zero-order chi connectivity index (χ0) is 22.4. The molecule has 0 aliphatic heterocycles. The van der Waals surface area contributed by atoms with Gasteiger partial charge in [-0.05, 0) is 54.1 Å². The van der Waals surface area contributed by atoms with E-state index < -0.39 is 6.03 Å². The Kier molecular flexibility index (Phi) is 7.10. The maximum atomic E-state index is 13.1. The van der Waals surface area contributed by atoms with Gasteiger partial charge in [-0.25, -0.2) is 9.18 Å². The fourth-order valence-electron chi connectivity index (χ4n) is 2.93. The molecule has 0 atom stereocenters. The lowest BCUT2D eigenvalue weighted by molar-refractivity contribution is 0.0951. The number of urea groups is 1. The van der Waals surface area contributed by atoms with E-state index in [1.807, 2.05) is 19.0 Å². The first-order valence-corrected chi connectivity index (χ1v) is 9.87. The second kappa shape index (κ2) is 9.95. The van der Waals surface area contributed by atoms with Crippen molar-refractivity contribution in [1.82, 2.24) is 5.32 Å². The molecule has 3 rings (SSSR count). The topological polar surface area (TPSA) is 73.5 Å². The number of hydrogen-bond donors (Lipinski definition) is 3. The number of carbonyl (C=O) groups is 2. The molecule has 3 amide bonds. The van der Waals surface area contributed by atoms with Crippen molar-refractivity contribution in [3.63, 3.8) is 0 Å². The summed E-state index contributed by atoms with van der Waals surface area (Å²) in [7, 11) is 3.65. The zero-order valence-electron chi connectivity index (χ0n) is 17.1. The van der Waals surface area contributed by atoms with Crippen molar-refractivity contribution in [1.29, 1.82) is 0 Å². The van der Waals surface area contributed by atoms with Crippen LogP contribution in [0, 0.1) is 5.82 Å². The van der Waals surface area contributed by atoms with Gasteiger partial charge in [-0.2, -0.15) is 0 Å². The van der Waals surface area contributed by atoms with Crippen molar-refractivity contribution in [3.05, 3.63) is 88.7 Å². The lowest BCUT2D eigenvalue weighted by atomic mass is 10.1. The molecule has 0 aliphatic rings. The highest BCUT2D eigenvalue weighted by Gasteiger charge is 2.15. The quantitative estimate of drug-likeness (QED) is 0.498. The largest absolute Gasteiger partial charge is 0.377 e. The summed E-state index contributed by atoms with van der Waals surface area (Å²) in [5, 5.41) is 8.74. The maximum absolute atomic E-state index is 13.1. The maximum Gasteiger partial charge on any atom is 0.323 e. The first-order valence-electron chi connectivity index (χ1n) is 9.49. The van der Waals surface area contributed by atoms with E-state index in [2.05, 4.69) is 16.0 Å². The van der Waals surface area contributed by atoms with Crippen LogP contribution in [0.25, 0.3) is 0 Å². The highest BCUT2D eigenvalue weighted by atomic mass is 35.5. The average molecular weight is 441 g/mol. The summed E-state index contributed by atoms with van der Waals surface area (Å²) in [6.07, 6.45) is 0. The molecule has 0 saturated heterocycles. The van der Waals surface area contributed by atoms with Crippen LogP contribution < -0.4 is 20.9 Å². The molecule has 3 aromatic rings. The van der Waals surface area contributed by atoms with E-state index in [0.717, 1.165) is 5.56 Å². The molecule has 0 fully saturated rings. The number of rotatable bonds is 6. The van der Waals surface area contributed by atoms with Crippen LogP contribution in [0.4, 0.5) is 26.2 Å². The molecule has 3 N–H and O–H groups in total. The predicted molar refractivity (Wildman–Crippen MR) is 122 cm³/mol. The molecule has 0 unspecified atom stereocenters. The first-order chi connectivity index (χ1) is 14.8. The minimum absolute atomic E-state index is 0.249. The molecule has 3 aromatic carbocycles. The molecule has 0 saturated carbocycles. The van der Waals surface area contributed by atoms with Crippen LogP contribution in [-0.4, -0.2) is 26.0 Å². The van der Waals surface area contributed by atoms with Gasteiger partial charge >= 0.3 is 6.03 Å². The van der Waals surface area contributed by atoms with Crippen molar-refractivity contribution in [2.45, 2.75) is 6.54 Å². The van der Waals surface area contributed by atoms with E-state index >= 15 is 0 Å². The second-order valence-corrected chi connectivity index (χ2v) is 7.46. The Labute approximate surface area is 185 Å². The molecule has 8 heteroatoms. The highest BCUT2D eigenvalue weighted by Crippen LogP contribution is 2.23. The fourth-order valence-corrected chi connectivity index (χ4v) is 3.12. The van der Waals surface area contributed by atoms with Gasteiger partial charge in [0.05, 0.1) is 5.56 Å². The number of nitrogens with zero attached hydrogens (tertiary/aromatic N) is 1. The number of hydrogen-bond acceptors (Lipinski definition) is 3. The molecular formula is C23H22ClFN4O2. The summed E-state index contributed by atoms with van der Waals surface area (Å²) in [6, 6.07) is 17.3. The van der Waals surface area contributed by atoms with Crippen molar-refractivity contribution in [2.75, 3.05) is 29.6 Å². The molecule has 0 aromatic heterocycles. The number of halogens is 2. The molecule has 6 nitrogen and oxygen atoms in total. The van der Waals surface area contributed by atoms with Crippen LogP contribution in [0.5, 0.6) is 0 Å². The lowest BCUT2D eigenvalue weighted by Crippen LogP contribution is -2.26. The van der Waals surface area contributed by atoms with Crippen LogP contribution in [0.2, 0.25) is 5.02 Å². The van der Waals surface area contributed by atoms with Crippen molar-refractivity contribution in [3.8, 4) is 0 Å². The number of benzene rings is 3. The smallest absolute Gasteiger partial charge is 0.323 e. The third-order valence-corrected chi connectivity index (χ3v) is 4.66.